The molecule has 2 rings (SSSR count). The van der Waals surface area contributed by atoms with Crippen molar-refractivity contribution in [2.45, 2.75) is 129 Å². The van der Waals surface area contributed by atoms with Gasteiger partial charge in [0.1, 0.15) is 0 Å². The van der Waals surface area contributed by atoms with Crippen LogP contribution in [0.15, 0.2) is 12.2 Å². The lowest BCUT2D eigenvalue weighted by atomic mass is 9.82. The zero-order chi connectivity index (χ0) is 24.1. The molecular weight excluding hydrogens is 416 g/mol. The largest absolute Gasteiger partial charge is 0.467 e. The average molecular weight is 467 g/mol. The first-order valence-corrected chi connectivity index (χ1v) is 13.6. The van der Waals surface area contributed by atoms with Crippen LogP contribution in [0.5, 0.6) is 0 Å². The third-order valence-electron chi connectivity index (χ3n) is 7.52. The molecular formula is C28H50O5. The number of aliphatic hydroxyl groups is 1. The molecule has 33 heavy (non-hydrogen) atoms. The summed E-state index contributed by atoms with van der Waals surface area (Å²) < 4.78 is 16.5. The van der Waals surface area contributed by atoms with Crippen LogP contribution in [0.25, 0.3) is 0 Å². The number of hydrogen-bond donors (Lipinski definition) is 1. The van der Waals surface area contributed by atoms with E-state index in [-0.39, 0.29) is 18.4 Å². The second kappa shape index (κ2) is 15.2. The molecule has 0 spiro atoms. The molecule has 0 radical (unpaired) electrons. The number of carbonyl (C=O) groups is 1. The van der Waals surface area contributed by atoms with Crippen molar-refractivity contribution in [2.24, 2.45) is 17.3 Å². The summed E-state index contributed by atoms with van der Waals surface area (Å²) in [6.07, 6.45) is 18.4. The zero-order valence-electron chi connectivity index (χ0n) is 21.7. The molecule has 1 aliphatic heterocycles. The normalized spacial score (nSPS) is 27.2. The van der Waals surface area contributed by atoms with E-state index >= 15 is 0 Å². The zero-order valence-corrected chi connectivity index (χ0v) is 21.7. The molecule has 3 unspecified atom stereocenters. The third-order valence-corrected chi connectivity index (χ3v) is 7.52. The van der Waals surface area contributed by atoms with Crippen molar-refractivity contribution in [3.63, 3.8) is 0 Å². The highest BCUT2D eigenvalue weighted by Gasteiger charge is 2.33. The predicted octanol–water partition coefficient (Wildman–Crippen LogP) is 6.57. The van der Waals surface area contributed by atoms with Crippen LogP contribution in [-0.4, -0.2) is 43.3 Å². The Hall–Kier alpha value is -0.910. The smallest absolute Gasteiger partial charge is 0.335 e. The first-order chi connectivity index (χ1) is 15.9. The first-order valence-electron chi connectivity index (χ1n) is 13.6. The third kappa shape index (κ3) is 10.5. The molecule has 0 amide bonds. The molecule has 192 valence electrons. The van der Waals surface area contributed by atoms with Crippen LogP contribution in [0, 0.1) is 17.3 Å². The lowest BCUT2D eigenvalue weighted by Gasteiger charge is -2.26. The van der Waals surface area contributed by atoms with Gasteiger partial charge in [-0.2, -0.15) is 0 Å². The standard InChI is InChI=1S/C28H50O5/c1-5-6-19-28(2,3)20-12-13-22-17-18-24(29)23(22)14-8-7-9-15-25(27(30)31-4)33-26-16-10-11-21-32-26/h12-13,22-26,29H,5-11,14-21H2,1-4H3/t22-,23+,24?,25?,26?/m0/s1. The monoisotopic (exact) mass is 466 g/mol. The highest BCUT2D eigenvalue weighted by molar-refractivity contribution is 5.74. The number of methoxy groups -OCH3 is 1. The molecule has 0 aromatic rings. The van der Waals surface area contributed by atoms with Crippen LogP contribution in [0.4, 0.5) is 0 Å². The number of allylic oxidation sites excluding steroid dienone is 2. The maximum absolute atomic E-state index is 12.1. The Balaban J connectivity index is 1.72. The summed E-state index contributed by atoms with van der Waals surface area (Å²) in [5.74, 6) is 0.558. The molecule has 1 heterocycles. The van der Waals surface area contributed by atoms with Gasteiger partial charge in [-0.25, -0.2) is 4.79 Å². The maximum atomic E-state index is 12.1. The van der Waals surface area contributed by atoms with Crippen molar-refractivity contribution >= 4 is 5.97 Å². The predicted molar refractivity (Wildman–Crippen MR) is 133 cm³/mol. The van der Waals surface area contributed by atoms with Crippen molar-refractivity contribution in [1.82, 2.24) is 0 Å². The van der Waals surface area contributed by atoms with Crippen LogP contribution < -0.4 is 0 Å². The molecule has 1 saturated heterocycles. The van der Waals surface area contributed by atoms with Crippen LogP contribution in [-0.2, 0) is 19.0 Å². The molecule has 0 aromatic heterocycles. The number of carbonyl (C=O) groups excluding carboxylic acids is 1. The Morgan fingerprint density at radius 3 is 2.67 bits per heavy atom. The van der Waals surface area contributed by atoms with Crippen LogP contribution in [0.2, 0.25) is 0 Å². The Morgan fingerprint density at radius 1 is 1.15 bits per heavy atom. The maximum Gasteiger partial charge on any atom is 0.335 e. The molecule has 1 saturated carbocycles. The Kier molecular flexibility index (Phi) is 13.0. The van der Waals surface area contributed by atoms with Crippen molar-refractivity contribution < 1.29 is 24.1 Å². The summed E-state index contributed by atoms with van der Waals surface area (Å²) in [5, 5.41) is 10.5. The van der Waals surface area contributed by atoms with Gasteiger partial charge >= 0.3 is 5.97 Å². The van der Waals surface area contributed by atoms with Crippen LogP contribution >= 0.6 is 0 Å². The van der Waals surface area contributed by atoms with Crippen LogP contribution in [0.1, 0.15) is 111 Å². The fourth-order valence-corrected chi connectivity index (χ4v) is 5.30. The van der Waals surface area contributed by atoms with Gasteiger partial charge in [-0.3, -0.25) is 0 Å². The lowest BCUT2D eigenvalue weighted by Crippen LogP contribution is -2.33. The summed E-state index contributed by atoms with van der Waals surface area (Å²) in [4.78, 5) is 12.1. The van der Waals surface area contributed by atoms with E-state index in [0.29, 0.717) is 30.3 Å². The van der Waals surface area contributed by atoms with Gasteiger partial charge in [-0.15, -0.1) is 0 Å². The van der Waals surface area contributed by atoms with Gasteiger partial charge in [0, 0.05) is 6.61 Å². The van der Waals surface area contributed by atoms with E-state index in [1.165, 1.54) is 26.4 Å². The molecule has 5 atom stereocenters. The summed E-state index contributed by atoms with van der Waals surface area (Å²) >= 11 is 0. The minimum absolute atomic E-state index is 0.178. The van der Waals surface area contributed by atoms with E-state index in [9.17, 15) is 9.90 Å². The van der Waals surface area contributed by atoms with Gasteiger partial charge in [-0.05, 0) is 75.0 Å². The van der Waals surface area contributed by atoms with Crippen molar-refractivity contribution in [3.05, 3.63) is 12.2 Å². The van der Waals surface area contributed by atoms with Gasteiger partial charge in [0.05, 0.1) is 13.2 Å². The highest BCUT2D eigenvalue weighted by atomic mass is 16.7. The fraction of sp³-hybridized carbons (Fsp3) is 0.893. The molecule has 2 aliphatic rings. The molecule has 5 heteroatoms. The second-order valence-electron chi connectivity index (χ2n) is 11.0. The number of esters is 1. The number of unbranched alkanes of at least 4 members (excludes halogenated alkanes) is 3. The lowest BCUT2D eigenvalue weighted by molar-refractivity contribution is -0.203. The summed E-state index contributed by atoms with van der Waals surface area (Å²) in [7, 11) is 1.42. The minimum Gasteiger partial charge on any atom is -0.467 e. The Bertz CT molecular complexity index is 567. The van der Waals surface area contributed by atoms with Gasteiger partial charge < -0.3 is 19.3 Å². The van der Waals surface area contributed by atoms with Crippen LogP contribution in [0.3, 0.4) is 0 Å². The number of ether oxygens (including phenoxy) is 3. The molecule has 0 bridgehead atoms. The topological polar surface area (TPSA) is 65.0 Å². The molecule has 0 aromatic carbocycles. The van der Waals surface area contributed by atoms with Crippen molar-refractivity contribution in [2.75, 3.05) is 13.7 Å². The quantitative estimate of drug-likeness (QED) is 0.168. The van der Waals surface area contributed by atoms with E-state index in [1.54, 1.807) is 0 Å². The van der Waals surface area contributed by atoms with Crippen molar-refractivity contribution in [1.29, 1.82) is 0 Å². The number of hydrogen-bond acceptors (Lipinski definition) is 5. The molecule has 5 nitrogen and oxygen atoms in total. The van der Waals surface area contributed by atoms with Gasteiger partial charge in [0.25, 0.3) is 0 Å². The number of aliphatic hydroxyl groups excluding tert-OH is 1. The van der Waals surface area contributed by atoms with Gasteiger partial charge in [0.2, 0.25) is 0 Å². The number of rotatable bonds is 15. The summed E-state index contributed by atoms with van der Waals surface area (Å²) in [6.45, 7) is 7.68. The van der Waals surface area contributed by atoms with E-state index in [1.807, 2.05) is 0 Å². The Labute approximate surface area is 202 Å². The second-order valence-corrected chi connectivity index (χ2v) is 11.0. The average Bonchev–Trinajstić information content (AvgIpc) is 3.16. The van der Waals surface area contributed by atoms with Gasteiger partial charge in [0.15, 0.2) is 12.4 Å². The van der Waals surface area contributed by atoms with Gasteiger partial charge in [-0.1, -0.05) is 65.0 Å². The van der Waals surface area contributed by atoms with E-state index in [2.05, 4.69) is 32.9 Å². The first kappa shape index (κ1) is 28.3. The van der Waals surface area contributed by atoms with E-state index in [0.717, 1.165) is 64.2 Å². The van der Waals surface area contributed by atoms with E-state index in [4.69, 9.17) is 14.2 Å². The van der Waals surface area contributed by atoms with E-state index < -0.39 is 6.10 Å². The summed E-state index contributed by atoms with van der Waals surface area (Å²) in [5.41, 5.74) is 0.361. The minimum atomic E-state index is -0.540. The molecule has 1 N–H and O–H groups in total. The summed E-state index contributed by atoms with van der Waals surface area (Å²) in [6, 6.07) is 0. The van der Waals surface area contributed by atoms with Crippen molar-refractivity contribution in [3.8, 4) is 0 Å². The molecule has 1 aliphatic carbocycles. The SMILES string of the molecule is CCCCC(C)(C)CC=C[C@H]1CCC(O)[C@@H]1CCCCCC(OC1CCCCO1)C(=O)OC. The fourth-order valence-electron chi connectivity index (χ4n) is 5.30. The Morgan fingerprint density at radius 2 is 1.97 bits per heavy atom. The molecule has 2 fully saturated rings. The highest BCUT2D eigenvalue weighted by Crippen LogP contribution is 2.37.